The first-order chi connectivity index (χ1) is 9.88. The van der Waals surface area contributed by atoms with Gasteiger partial charge in [0, 0.05) is 11.2 Å². The number of aliphatic hydroxyl groups excluding tert-OH is 1. The van der Waals surface area contributed by atoms with Crippen molar-refractivity contribution in [1.29, 1.82) is 0 Å². The fourth-order valence-electron chi connectivity index (χ4n) is 1.86. The summed E-state index contributed by atoms with van der Waals surface area (Å²) in [5, 5.41) is 17.1. The number of ether oxygens (including phenoxy) is 1. The van der Waals surface area contributed by atoms with Crippen molar-refractivity contribution in [2.75, 3.05) is 6.54 Å². The highest BCUT2D eigenvalue weighted by Gasteiger charge is 2.36. The first-order valence-corrected chi connectivity index (χ1v) is 7.17. The van der Waals surface area contributed by atoms with Crippen molar-refractivity contribution in [2.24, 2.45) is 15.5 Å². The molecule has 6 heteroatoms. The molecular weight excluding hydrogens is 290 g/mol. The molecule has 2 rings (SSSR count). The number of aliphatic imine (C=N–C) groups is 1. The van der Waals surface area contributed by atoms with Crippen LogP contribution in [0.1, 0.15) is 20.8 Å². The minimum atomic E-state index is -0.725. The molecule has 1 N–H and O–H groups in total. The first-order valence-electron chi connectivity index (χ1n) is 6.79. The van der Waals surface area contributed by atoms with Crippen LogP contribution in [0.25, 0.3) is 0 Å². The van der Waals surface area contributed by atoms with Crippen LogP contribution < -0.4 is 4.74 Å². The molecule has 0 amide bonds. The lowest BCUT2D eigenvalue weighted by Gasteiger charge is -2.38. The molecule has 0 saturated carbocycles. The quantitative estimate of drug-likeness (QED) is 0.930. The first kappa shape index (κ1) is 15.8. The van der Waals surface area contributed by atoms with Gasteiger partial charge in [0.1, 0.15) is 18.2 Å². The van der Waals surface area contributed by atoms with Gasteiger partial charge in [0.25, 0.3) is 0 Å². The van der Waals surface area contributed by atoms with E-state index in [9.17, 15) is 5.11 Å². The Morgan fingerprint density at radius 3 is 2.48 bits per heavy atom. The molecule has 0 aliphatic carbocycles. The number of halogens is 1. The summed E-state index contributed by atoms with van der Waals surface area (Å²) in [7, 11) is 0. The molecule has 0 radical (unpaired) electrons. The van der Waals surface area contributed by atoms with Gasteiger partial charge in [0.2, 0.25) is 6.23 Å². The van der Waals surface area contributed by atoms with Crippen molar-refractivity contribution < 1.29 is 9.84 Å². The fraction of sp³-hybridized carbons (Fsp3) is 0.467. The van der Waals surface area contributed by atoms with Crippen molar-refractivity contribution in [2.45, 2.75) is 33.1 Å². The predicted molar refractivity (Wildman–Crippen MR) is 85.0 cm³/mol. The summed E-state index contributed by atoms with van der Waals surface area (Å²) in [5.41, 5.74) is -0.346. The number of hydrogen-bond acceptors (Lipinski definition) is 5. The van der Waals surface area contributed by atoms with E-state index in [1.54, 1.807) is 35.5 Å². The topological polar surface area (TPSA) is 57.4 Å². The van der Waals surface area contributed by atoms with E-state index < -0.39 is 12.3 Å². The summed E-state index contributed by atoms with van der Waals surface area (Å²) in [6, 6.07) is 7.04. The van der Waals surface area contributed by atoms with Gasteiger partial charge in [-0.1, -0.05) is 32.4 Å². The average Bonchev–Trinajstić information content (AvgIpc) is 2.46. The molecule has 0 spiro atoms. The Hall–Kier alpha value is -1.59. The molecule has 2 atom stereocenters. The second-order valence-corrected chi connectivity index (χ2v) is 6.39. The third-order valence-corrected chi connectivity index (χ3v) is 3.41. The average molecular weight is 310 g/mol. The van der Waals surface area contributed by atoms with Crippen LogP contribution in [0.15, 0.2) is 34.4 Å². The smallest absolute Gasteiger partial charge is 0.213 e. The van der Waals surface area contributed by atoms with E-state index >= 15 is 0 Å². The second-order valence-electron chi connectivity index (χ2n) is 5.96. The van der Waals surface area contributed by atoms with Crippen molar-refractivity contribution in [1.82, 2.24) is 5.01 Å². The molecule has 1 aromatic rings. The molecule has 114 valence electrons. The second kappa shape index (κ2) is 6.45. The number of benzene rings is 1. The van der Waals surface area contributed by atoms with Gasteiger partial charge in [0.15, 0.2) is 0 Å². The molecule has 1 heterocycles. The molecule has 0 saturated heterocycles. The Morgan fingerprint density at radius 1 is 1.29 bits per heavy atom. The normalized spacial score (nSPS) is 17.7. The maximum atomic E-state index is 10.6. The van der Waals surface area contributed by atoms with Gasteiger partial charge >= 0.3 is 0 Å². The zero-order chi connectivity index (χ0) is 15.5. The highest BCUT2D eigenvalue weighted by Crippen LogP contribution is 2.27. The highest BCUT2D eigenvalue weighted by molar-refractivity contribution is 6.30. The SMILES string of the molecule is CC(C)(C)C(O)C(Oc1ccc(Cl)cc1)N1CC=NC=N1. The number of hydrogen-bond donors (Lipinski definition) is 1. The number of hydrazone groups is 1. The van der Waals surface area contributed by atoms with E-state index in [4.69, 9.17) is 16.3 Å². The maximum Gasteiger partial charge on any atom is 0.213 e. The van der Waals surface area contributed by atoms with Crippen molar-refractivity contribution in [3.05, 3.63) is 29.3 Å². The minimum Gasteiger partial charge on any atom is -0.466 e. The summed E-state index contributed by atoms with van der Waals surface area (Å²) in [6.45, 7) is 6.36. The van der Waals surface area contributed by atoms with Crippen LogP contribution in [-0.2, 0) is 0 Å². The van der Waals surface area contributed by atoms with E-state index in [1.165, 1.54) is 6.34 Å². The van der Waals surface area contributed by atoms with Crippen molar-refractivity contribution in [3.63, 3.8) is 0 Å². The zero-order valence-electron chi connectivity index (χ0n) is 12.4. The Kier molecular flexibility index (Phi) is 4.85. The van der Waals surface area contributed by atoms with Crippen LogP contribution in [0.2, 0.25) is 5.02 Å². The third kappa shape index (κ3) is 4.19. The predicted octanol–water partition coefficient (Wildman–Crippen LogP) is 2.78. The standard InChI is InChI=1S/C15H20ClN3O2/c1-15(2,3)13(20)14(19-9-8-17-10-18-19)21-12-6-4-11(16)5-7-12/h4-8,10,13-14,20H,9H2,1-3H3. The number of rotatable bonds is 4. The summed E-state index contributed by atoms with van der Waals surface area (Å²) in [4.78, 5) is 3.94. The van der Waals surface area contributed by atoms with E-state index in [0.717, 1.165) is 0 Å². The zero-order valence-corrected chi connectivity index (χ0v) is 13.2. The van der Waals surface area contributed by atoms with Crippen LogP contribution in [0, 0.1) is 5.41 Å². The largest absolute Gasteiger partial charge is 0.466 e. The Balaban J connectivity index is 2.21. The van der Waals surface area contributed by atoms with E-state index in [2.05, 4.69) is 10.1 Å². The lowest BCUT2D eigenvalue weighted by molar-refractivity contribution is -0.102. The van der Waals surface area contributed by atoms with E-state index in [-0.39, 0.29) is 5.41 Å². The summed E-state index contributed by atoms with van der Waals surface area (Å²) < 4.78 is 5.94. The molecule has 1 aliphatic rings. The maximum absolute atomic E-state index is 10.6. The van der Waals surface area contributed by atoms with Crippen LogP contribution >= 0.6 is 11.6 Å². The lowest BCUT2D eigenvalue weighted by atomic mass is 9.88. The van der Waals surface area contributed by atoms with Gasteiger partial charge in [-0.3, -0.25) is 0 Å². The third-order valence-electron chi connectivity index (χ3n) is 3.16. The molecule has 0 fully saturated rings. The van der Waals surface area contributed by atoms with Gasteiger partial charge in [-0.25, -0.2) is 10.0 Å². The van der Waals surface area contributed by atoms with E-state index in [0.29, 0.717) is 17.3 Å². The van der Waals surface area contributed by atoms with Crippen molar-refractivity contribution >= 4 is 24.2 Å². The molecule has 21 heavy (non-hydrogen) atoms. The van der Waals surface area contributed by atoms with Crippen LogP contribution in [0.5, 0.6) is 5.75 Å². The summed E-state index contributed by atoms with van der Waals surface area (Å²) in [5.74, 6) is 0.630. The Bertz CT molecular complexity index is 523. The van der Waals surface area contributed by atoms with Gasteiger partial charge in [-0.15, -0.1) is 0 Å². The molecular formula is C15H20ClN3O2. The van der Waals surface area contributed by atoms with Crippen LogP contribution in [0.4, 0.5) is 0 Å². The molecule has 0 aromatic heterocycles. The molecule has 5 nitrogen and oxygen atoms in total. The summed E-state index contributed by atoms with van der Waals surface area (Å²) in [6.07, 6.45) is 1.84. The van der Waals surface area contributed by atoms with Crippen LogP contribution in [-0.4, -0.2) is 41.5 Å². The summed E-state index contributed by atoms with van der Waals surface area (Å²) >= 11 is 5.88. The van der Waals surface area contributed by atoms with E-state index in [1.807, 2.05) is 20.8 Å². The molecule has 2 unspecified atom stereocenters. The number of nitrogens with zero attached hydrogens (tertiary/aromatic N) is 3. The van der Waals surface area contributed by atoms with Gasteiger partial charge < -0.3 is 9.84 Å². The van der Waals surface area contributed by atoms with Crippen molar-refractivity contribution in [3.8, 4) is 5.75 Å². The highest BCUT2D eigenvalue weighted by atomic mass is 35.5. The van der Waals surface area contributed by atoms with Gasteiger partial charge in [0.05, 0.1) is 6.54 Å². The van der Waals surface area contributed by atoms with Gasteiger partial charge in [-0.2, -0.15) is 5.10 Å². The Morgan fingerprint density at radius 2 is 1.95 bits per heavy atom. The molecule has 0 bridgehead atoms. The lowest BCUT2D eigenvalue weighted by Crippen LogP contribution is -2.51. The number of aliphatic hydroxyl groups is 1. The Labute approximate surface area is 129 Å². The molecule has 1 aliphatic heterocycles. The minimum absolute atomic E-state index is 0.346. The molecule has 1 aromatic carbocycles. The fourth-order valence-corrected chi connectivity index (χ4v) is 1.99. The van der Waals surface area contributed by atoms with Crippen LogP contribution in [0.3, 0.4) is 0 Å². The monoisotopic (exact) mass is 309 g/mol. The van der Waals surface area contributed by atoms with Gasteiger partial charge in [-0.05, 0) is 29.7 Å².